The van der Waals surface area contributed by atoms with Gasteiger partial charge in [-0.1, -0.05) is 25.1 Å². The van der Waals surface area contributed by atoms with E-state index < -0.39 is 0 Å². The molecule has 0 bridgehead atoms. The first-order valence-electron chi connectivity index (χ1n) is 7.85. The quantitative estimate of drug-likeness (QED) is 0.727. The molecule has 0 fully saturated rings. The van der Waals surface area contributed by atoms with Crippen molar-refractivity contribution in [3.63, 3.8) is 0 Å². The lowest BCUT2D eigenvalue weighted by Crippen LogP contribution is -2.35. The Morgan fingerprint density at radius 3 is 2.58 bits per heavy atom. The molecule has 0 saturated heterocycles. The minimum atomic E-state index is -0.165. The summed E-state index contributed by atoms with van der Waals surface area (Å²) in [7, 11) is 1.85. The molecule has 7 heteroatoms. The molecule has 128 valence electrons. The van der Waals surface area contributed by atoms with E-state index in [0.717, 1.165) is 29.2 Å². The average molecular weight is 345 g/mol. The lowest BCUT2D eigenvalue weighted by atomic mass is 10.1. The van der Waals surface area contributed by atoms with Crippen LogP contribution in [0, 0.1) is 13.8 Å². The molecule has 24 heavy (non-hydrogen) atoms. The summed E-state index contributed by atoms with van der Waals surface area (Å²) in [6, 6.07) is 7.96. The molecule has 2 rings (SSSR count). The molecular formula is C17H23N5OS. The molecule has 1 amide bonds. The number of hydrogen-bond donors (Lipinski definition) is 3. The molecule has 0 aliphatic rings. The van der Waals surface area contributed by atoms with E-state index in [0.29, 0.717) is 5.11 Å². The Labute approximate surface area is 147 Å². The van der Waals surface area contributed by atoms with Crippen LogP contribution in [0.1, 0.15) is 23.9 Å². The van der Waals surface area contributed by atoms with Crippen molar-refractivity contribution in [2.24, 2.45) is 7.05 Å². The Bertz CT molecular complexity index is 753. The summed E-state index contributed by atoms with van der Waals surface area (Å²) in [5.41, 5.74) is 4.59. The topological polar surface area (TPSA) is 71.0 Å². The fourth-order valence-electron chi connectivity index (χ4n) is 2.42. The van der Waals surface area contributed by atoms with Gasteiger partial charge in [0.05, 0.1) is 23.6 Å². The number of carbonyl (C=O) groups excluding carboxylic acids is 1. The average Bonchev–Trinajstić information content (AvgIpc) is 2.80. The van der Waals surface area contributed by atoms with Crippen LogP contribution in [0.2, 0.25) is 0 Å². The molecule has 0 saturated carbocycles. The van der Waals surface area contributed by atoms with Gasteiger partial charge in [-0.3, -0.25) is 9.48 Å². The zero-order valence-electron chi connectivity index (χ0n) is 14.4. The van der Waals surface area contributed by atoms with Gasteiger partial charge in [-0.05, 0) is 44.1 Å². The summed E-state index contributed by atoms with van der Waals surface area (Å²) >= 11 is 5.26. The van der Waals surface area contributed by atoms with Crippen molar-refractivity contribution >= 4 is 34.6 Å². The van der Waals surface area contributed by atoms with E-state index >= 15 is 0 Å². The van der Waals surface area contributed by atoms with E-state index in [1.54, 1.807) is 4.68 Å². The molecule has 3 N–H and O–H groups in total. The van der Waals surface area contributed by atoms with E-state index in [9.17, 15) is 4.79 Å². The Balaban J connectivity index is 1.88. The maximum atomic E-state index is 12.1. The first-order chi connectivity index (χ1) is 11.4. The van der Waals surface area contributed by atoms with Crippen LogP contribution >= 0.6 is 12.2 Å². The van der Waals surface area contributed by atoms with Crippen molar-refractivity contribution in [3.8, 4) is 0 Å². The number of hydrogen-bond acceptors (Lipinski definition) is 3. The van der Waals surface area contributed by atoms with Crippen LogP contribution in [0.5, 0.6) is 0 Å². The molecule has 2 aromatic rings. The number of anilines is 2. The zero-order valence-corrected chi connectivity index (χ0v) is 15.3. The van der Waals surface area contributed by atoms with Crippen molar-refractivity contribution in [3.05, 3.63) is 41.2 Å². The van der Waals surface area contributed by atoms with Crippen molar-refractivity contribution in [1.29, 1.82) is 0 Å². The zero-order chi connectivity index (χ0) is 17.7. The largest absolute Gasteiger partial charge is 0.353 e. The maximum Gasteiger partial charge on any atom is 0.243 e. The Hall–Kier alpha value is -2.41. The van der Waals surface area contributed by atoms with Crippen LogP contribution in [-0.4, -0.2) is 27.3 Å². The molecule has 0 aliphatic carbocycles. The van der Waals surface area contributed by atoms with Crippen LogP contribution in [0.25, 0.3) is 0 Å². The lowest BCUT2D eigenvalue weighted by molar-refractivity contribution is -0.115. The van der Waals surface area contributed by atoms with Crippen LogP contribution in [0.15, 0.2) is 24.3 Å². The molecule has 6 nitrogen and oxygen atoms in total. The molecule has 0 unspecified atom stereocenters. The number of para-hydroxylation sites is 1. The third-order valence-electron chi connectivity index (χ3n) is 3.83. The van der Waals surface area contributed by atoms with E-state index in [1.165, 1.54) is 5.56 Å². The molecule has 0 spiro atoms. The summed E-state index contributed by atoms with van der Waals surface area (Å²) in [4.78, 5) is 12.1. The third-order valence-corrected chi connectivity index (χ3v) is 4.08. The molecular weight excluding hydrogens is 322 g/mol. The number of thiocarbonyl (C=S) groups is 1. The molecule has 1 aromatic heterocycles. The van der Waals surface area contributed by atoms with Gasteiger partial charge >= 0.3 is 0 Å². The number of nitrogens with zero attached hydrogens (tertiary/aromatic N) is 2. The minimum Gasteiger partial charge on any atom is -0.353 e. The number of carbonyl (C=O) groups is 1. The highest BCUT2D eigenvalue weighted by Crippen LogP contribution is 2.18. The van der Waals surface area contributed by atoms with Gasteiger partial charge in [0.25, 0.3) is 0 Å². The van der Waals surface area contributed by atoms with Gasteiger partial charge < -0.3 is 16.0 Å². The van der Waals surface area contributed by atoms with Gasteiger partial charge in [-0.15, -0.1) is 0 Å². The number of aryl methyl sites for hydroxylation is 3. The lowest BCUT2D eigenvalue weighted by Gasteiger charge is -2.13. The second kappa shape index (κ2) is 7.92. The van der Waals surface area contributed by atoms with Gasteiger partial charge in [0.2, 0.25) is 5.91 Å². The van der Waals surface area contributed by atoms with Gasteiger partial charge in [-0.25, -0.2) is 0 Å². The standard InChI is InChI=1S/C17H23N5OS/c1-5-13-8-6-7-9-14(13)19-17(24)18-10-15(23)20-16-11(2)21-22(4)12(16)3/h6-9H,5,10H2,1-4H3,(H,20,23)(H2,18,19,24). The van der Waals surface area contributed by atoms with Crippen molar-refractivity contribution in [2.75, 3.05) is 17.2 Å². The second-order valence-corrected chi connectivity index (χ2v) is 5.94. The molecule has 1 aromatic carbocycles. The first kappa shape index (κ1) is 17.9. The maximum absolute atomic E-state index is 12.1. The van der Waals surface area contributed by atoms with Gasteiger partial charge in [0, 0.05) is 12.7 Å². The Morgan fingerprint density at radius 1 is 1.25 bits per heavy atom. The molecule has 0 radical (unpaired) electrons. The Morgan fingerprint density at radius 2 is 1.96 bits per heavy atom. The predicted octanol–water partition coefficient (Wildman–Crippen LogP) is 2.52. The van der Waals surface area contributed by atoms with E-state index in [-0.39, 0.29) is 12.5 Å². The van der Waals surface area contributed by atoms with Crippen molar-refractivity contribution in [2.45, 2.75) is 27.2 Å². The number of amides is 1. The van der Waals surface area contributed by atoms with Crippen molar-refractivity contribution < 1.29 is 4.79 Å². The monoisotopic (exact) mass is 345 g/mol. The predicted molar refractivity (Wildman–Crippen MR) is 101 cm³/mol. The SMILES string of the molecule is CCc1ccccc1NC(=S)NCC(=O)Nc1c(C)nn(C)c1C. The highest BCUT2D eigenvalue weighted by atomic mass is 32.1. The smallest absolute Gasteiger partial charge is 0.243 e. The number of nitrogens with one attached hydrogen (secondary N) is 3. The van der Waals surface area contributed by atoms with Crippen LogP contribution in [-0.2, 0) is 18.3 Å². The fraction of sp³-hybridized carbons (Fsp3) is 0.353. The molecule has 1 heterocycles. The third kappa shape index (κ3) is 4.32. The van der Waals surface area contributed by atoms with Crippen LogP contribution in [0.4, 0.5) is 11.4 Å². The fourth-order valence-corrected chi connectivity index (χ4v) is 2.60. The summed E-state index contributed by atoms with van der Waals surface area (Å²) in [6.07, 6.45) is 0.909. The number of aromatic nitrogens is 2. The first-order valence-corrected chi connectivity index (χ1v) is 8.26. The molecule has 0 atom stereocenters. The molecule has 0 aliphatic heterocycles. The van der Waals surface area contributed by atoms with Crippen LogP contribution in [0.3, 0.4) is 0 Å². The number of rotatable bonds is 5. The van der Waals surface area contributed by atoms with Crippen LogP contribution < -0.4 is 16.0 Å². The summed E-state index contributed by atoms with van der Waals surface area (Å²) in [6.45, 7) is 5.96. The van der Waals surface area contributed by atoms with Crippen molar-refractivity contribution in [1.82, 2.24) is 15.1 Å². The second-order valence-electron chi connectivity index (χ2n) is 5.54. The number of benzene rings is 1. The highest BCUT2D eigenvalue weighted by Gasteiger charge is 2.12. The van der Waals surface area contributed by atoms with Gasteiger partial charge in [0.15, 0.2) is 5.11 Å². The summed E-state index contributed by atoms with van der Waals surface area (Å²) in [5.74, 6) is -0.165. The summed E-state index contributed by atoms with van der Waals surface area (Å²) in [5, 5.41) is 13.6. The highest BCUT2D eigenvalue weighted by molar-refractivity contribution is 7.80. The van der Waals surface area contributed by atoms with Gasteiger partial charge in [-0.2, -0.15) is 5.10 Å². The normalized spacial score (nSPS) is 10.3. The summed E-state index contributed by atoms with van der Waals surface area (Å²) < 4.78 is 1.74. The van der Waals surface area contributed by atoms with E-state index in [4.69, 9.17) is 12.2 Å². The minimum absolute atomic E-state index is 0.0912. The van der Waals surface area contributed by atoms with E-state index in [2.05, 4.69) is 28.0 Å². The van der Waals surface area contributed by atoms with E-state index in [1.807, 2.05) is 45.2 Å². The Kier molecular flexibility index (Phi) is 5.92. The van der Waals surface area contributed by atoms with Gasteiger partial charge in [0.1, 0.15) is 0 Å².